The van der Waals surface area contributed by atoms with Crippen LogP contribution in [0.15, 0.2) is 63.3 Å². The van der Waals surface area contributed by atoms with Gasteiger partial charge in [0.1, 0.15) is 6.61 Å². The molecule has 2 aliphatic rings. The fraction of sp³-hybridized carbons (Fsp3) is 0.381. The van der Waals surface area contributed by atoms with Gasteiger partial charge in [0.25, 0.3) is 0 Å². The zero-order valence-electron chi connectivity index (χ0n) is 15.4. The van der Waals surface area contributed by atoms with Gasteiger partial charge in [-0.1, -0.05) is 36.0 Å². The first-order valence-corrected chi connectivity index (χ1v) is 10.3. The van der Waals surface area contributed by atoms with Gasteiger partial charge in [0.2, 0.25) is 5.90 Å². The van der Waals surface area contributed by atoms with Gasteiger partial charge in [-0.05, 0) is 24.3 Å². The highest BCUT2D eigenvalue weighted by atomic mass is 32.2. The standard InChI is InChI=1S/C21H25N3O2S/c1-3-7-19-17(5-1)21(23-18-6-2-4-8-20(18)27-19)26-16-15-25-14-13-24-11-9-22-10-12-24/h1-8,22H,9-16H2. The highest BCUT2D eigenvalue weighted by Gasteiger charge is 2.18. The van der Waals surface area contributed by atoms with Crippen molar-refractivity contribution < 1.29 is 9.47 Å². The molecule has 0 saturated carbocycles. The van der Waals surface area contributed by atoms with Crippen molar-refractivity contribution in [1.82, 2.24) is 10.2 Å². The van der Waals surface area contributed by atoms with Gasteiger partial charge >= 0.3 is 0 Å². The summed E-state index contributed by atoms with van der Waals surface area (Å²) in [6.07, 6.45) is 0. The minimum Gasteiger partial charge on any atom is -0.475 e. The number of nitrogens with zero attached hydrogens (tertiary/aromatic N) is 2. The number of fused-ring (bicyclic) bond motifs is 2. The molecule has 5 nitrogen and oxygen atoms in total. The molecule has 2 heterocycles. The molecule has 2 aromatic rings. The molecule has 0 aromatic heterocycles. The number of para-hydroxylation sites is 1. The number of piperazine rings is 1. The molecule has 142 valence electrons. The van der Waals surface area contributed by atoms with Crippen LogP contribution in [-0.2, 0) is 9.47 Å². The Morgan fingerprint density at radius 2 is 1.70 bits per heavy atom. The summed E-state index contributed by atoms with van der Waals surface area (Å²) in [7, 11) is 0. The van der Waals surface area contributed by atoms with Crippen molar-refractivity contribution in [3.8, 4) is 0 Å². The molecule has 2 aliphatic heterocycles. The van der Waals surface area contributed by atoms with Crippen LogP contribution in [0.5, 0.6) is 0 Å². The lowest BCUT2D eigenvalue weighted by molar-refractivity contribution is 0.0743. The predicted molar refractivity (Wildman–Crippen MR) is 109 cm³/mol. The maximum Gasteiger partial charge on any atom is 0.222 e. The van der Waals surface area contributed by atoms with Gasteiger partial charge in [-0.3, -0.25) is 4.90 Å². The number of hydrogen-bond donors (Lipinski definition) is 1. The summed E-state index contributed by atoms with van der Waals surface area (Å²) in [5, 5.41) is 3.36. The topological polar surface area (TPSA) is 46.1 Å². The van der Waals surface area contributed by atoms with Crippen LogP contribution in [0.1, 0.15) is 5.56 Å². The largest absolute Gasteiger partial charge is 0.475 e. The van der Waals surface area contributed by atoms with Crippen LogP contribution in [-0.4, -0.2) is 63.3 Å². The second kappa shape index (κ2) is 9.37. The number of benzene rings is 2. The van der Waals surface area contributed by atoms with Crippen molar-refractivity contribution in [2.75, 3.05) is 52.5 Å². The van der Waals surface area contributed by atoms with E-state index >= 15 is 0 Å². The molecule has 0 radical (unpaired) electrons. The van der Waals surface area contributed by atoms with Gasteiger partial charge in [0.05, 0.1) is 24.5 Å². The van der Waals surface area contributed by atoms with E-state index in [9.17, 15) is 0 Å². The number of rotatable bonds is 6. The highest BCUT2D eigenvalue weighted by Crippen LogP contribution is 2.40. The third kappa shape index (κ3) is 4.90. The van der Waals surface area contributed by atoms with Gasteiger partial charge in [0, 0.05) is 42.5 Å². The average Bonchev–Trinajstić information content (AvgIpc) is 2.88. The molecule has 0 bridgehead atoms. The highest BCUT2D eigenvalue weighted by molar-refractivity contribution is 7.99. The van der Waals surface area contributed by atoms with E-state index in [1.165, 1.54) is 4.90 Å². The Labute approximate surface area is 164 Å². The molecule has 27 heavy (non-hydrogen) atoms. The summed E-state index contributed by atoms with van der Waals surface area (Å²) in [5.41, 5.74) is 1.99. The van der Waals surface area contributed by atoms with Gasteiger partial charge in [-0.2, -0.15) is 0 Å². The minimum absolute atomic E-state index is 0.502. The van der Waals surface area contributed by atoms with Crippen molar-refractivity contribution >= 4 is 23.3 Å². The first kappa shape index (κ1) is 18.5. The maximum atomic E-state index is 6.03. The lowest BCUT2D eigenvalue weighted by Crippen LogP contribution is -2.44. The Balaban J connectivity index is 1.33. The van der Waals surface area contributed by atoms with E-state index in [1.807, 2.05) is 24.3 Å². The smallest absolute Gasteiger partial charge is 0.222 e. The van der Waals surface area contributed by atoms with Crippen LogP contribution < -0.4 is 5.32 Å². The fourth-order valence-corrected chi connectivity index (χ4v) is 4.21. The van der Waals surface area contributed by atoms with Crippen LogP contribution in [0.4, 0.5) is 5.69 Å². The predicted octanol–water partition coefficient (Wildman–Crippen LogP) is 3.17. The van der Waals surface area contributed by atoms with Gasteiger partial charge in [-0.25, -0.2) is 4.99 Å². The first-order valence-electron chi connectivity index (χ1n) is 9.49. The van der Waals surface area contributed by atoms with Gasteiger partial charge < -0.3 is 14.8 Å². The Morgan fingerprint density at radius 1 is 0.926 bits per heavy atom. The molecule has 0 atom stereocenters. The van der Waals surface area contributed by atoms with E-state index in [0.717, 1.165) is 55.5 Å². The van der Waals surface area contributed by atoms with E-state index in [2.05, 4.69) is 34.5 Å². The molecule has 0 aliphatic carbocycles. The molecule has 1 fully saturated rings. The zero-order valence-corrected chi connectivity index (χ0v) is 16.2. The molecule has 6 heteroatoms. The Kier molecular flexibility index (Phi) is 6.42. The monoisotopic (exact) mass is 383 g/mol. The molecule has 0 unspecified atom stereocenters. The van der Waals surface area contributed by atoms with E-state index in [4.69, 9.17) is 14.5 Å². The van der Waals surface area contributed by atoms with Crippen molar-refractivity contribution in [2.24, 2.45) is 4.99 Å². The minimum atomic E-state index is 0.502. The van der Waals surface area contributed by atoms with E-state index in [-0.39, 0.29) is 0 Å². The van der Waals surface area contributed by atoms with Gasteiger partial charge in [-0.15, -0.1) is 0 Å². The SMILES string of the molecule is c1ccc2c(c1)N=C(OCCOCCN1CCNCC1)c1ccccc1S2. The van der Waals surface area contributed by atoms with E-state index < -0.39 is 0 Å². The van der Waals surface area contributed by atoms with Gasteiger partial charge in [0.15, 0.2) is 0 Å². The third-order valence-corrected chi connectivity index (χ3v) is 5.79. The third-order valence-electron chi connectivity index (χ3n) is 4.65. The average molecular weight is 384 g/mol. The zero-order chi connectivity index (χ0) is 18.3. The summed E-state index contributed by atoms with van der Waals surface area (Å²) in [6.45, 7) is 7.14. The summed E-state index contributed by atoms with van der Waals surface area (Å²) in [6, 6.07) is 16.4. The molecule has 0 amide bonds. The summed E-state index contributed by atoms with van der Waals surface area (Å²) >= 11 is 1.73. The lowest BCUT2D eigenvalue weighted by atomic mass is 10.2. The van der Waals surface area contributed by atoms with Crippen LogP contribution >= 0.6 is 11.8 Å². The summed E-state index contributed by atoms with van der Waals surface area (Å²) in [4.78, 5) is 9.52. The number of hydrogen-bond acceptors (Lipinski definition) is 6. The van der Waals surface area contributed by atoms with Crippen LogP contribution in [0.25, 0.3) is 0 Å². The fourth-order valence-electron chi connectivity index (χ4n) is 3.19. The Bertz CT molecular complexity index is 791. The normalized spacial score (nSPS) is 16.8. The quantitative estimate of drug-likeness (QED) is 0.777. The number of nitrogens with one attached hydrogen (secondary N) is 1. The molecule has 0 spiro atoms. The van der Waals surface area contributed by atoms with E-state index in [0.29, 0.717) is 19.1 Å². The van der Waals surface area contributed by atoms with Crippen LogP contribution in [0.2, 0.25) is 0 Å². The molecule has 1 saturated heterocycles. The van der Waals surface area contributed by atoms with Crippen molar-refractivity contribution in [2.45, 2.75) is 9.79 Å². The first-order chi connectivity index (χ1) is 13.4. The molecular weight excluding hydrogens is 358 g/mol. The second-order valence-corrected chi connectivity index (χ2v) is 7.62. The molecule has 2 aromatic carbocycles. The van der Waals surface area contributed by atoms with Crippen molar-refractivity contribution in [1.29, 1.82) is 0 Å². The second-order valence-electron chi connectivity index (χ2n) is 6.54. The maximum absolute atomic E-state index is 6.03. The van der Waals surface area contributed by atoms with E-state index in [1.54, 1.807) is 11.8 Å². The Morgan fingerprint density at radius 3 is 2.59 bits per heavy atom. The number of aliphatic imine (C=N–C) groups is 1. The van der Waals surface area contributed by atoms with Crippen LogP contribution in [0, 0.1) is 0 Å². The number of ether oxygens (including phenoxy) is 2. The van der Waals surface area contributed by atoms with Crippen molar-refractivity contribution in [3.05, 3.63) is 54.1 Å². The molecular formula is C21H25N3O2S. The Hall–Kier alpha value is -1.86. The van der Waals surface area contributed by atoms with Crippen molar-refractivity contribution in [3.63, 3.8) is 0 Å². The van der Waals surface area contributed by atoms with Crippen LogP contribution in [0.3, 0.4) is 0 Å². The molecule has 1 N–H and O–H groups in total. The summed E-state index contributed by atoms with van der Waals surface area (Å²) < 4.78 is 11.8. The summed E-state index contributed by atoms with van der Waals surface area (Å²) in [5.74, 6) is 0.675. The lowest BCUT2D eigenvalue weighted by Gasteiger charge is -2.26. The molecule has 4 rings (SSSR count).